The van der Waals surface area contributed by atoms with E-state index in [2.05, 4.69) is 42.6 Å². The maximum Gasteiger partial charge on any atom is 0.0402 e. The Bertz CT molecular complexity index is 360. The largest absolute Gasteiger partial charge is 0.269 e. The second-order valence-corrected chi connectivity index (χ2v) is 3.63. The molecule has 0 heterocycles. The second kappa shape index (κ2) is 9.59. The van der Waals surface area contributed by atoms with Crippen molar-refractivity contribution in [2.24, 2.45) is 4.99 Å². The minimum absolute atomic E-state index is 0.917. The smallest absolute Gasteiger partial charge is 0.0402 e. The highest BCUT2D eigenvalue weighted by Crippen LogP contribution is 2.11. The summed E-state index contributed by atoms with van der Waals surface area (Å²) in [6.45, 7) is 13.4. The van der Waals surface area contributed by atoms with Crippen LogP contribution in [0.5, 0.6) is 0 Å². The van der Waals surface area contributed by atoms with Crippen LogP contribution in [0.3, 0.4) is 0 Å². The normalized spacial score (nSPS) is 10.2. The van der Waals surface area contributed by atoms with E-state index in [4.69, 9.17) is 0 Å². The summed E-state index contributed by atoms with van der Waals surface area (Å²) < 4.78 is 0. The molecular weight excluding hydrogens is 206 g/mol. The summed E-state index contributed by atoms with van der Waals surface area (Å²) >= 11 is 0. The molecule has 1 nitrogen and oxygen atoms in total. The summed E-state index contributed by atoms with van der Waals surface area (Å²) in [6, 6.07) is 10.4. The van der Waals surface area contributed by atoms with E-state index in [9.17, 15) is 0 Å². The molecule has 0 spiro atoms. The summed E-state index contributed by atoms with van der Waals surface area (Å²) in [6.07, 6.45) is 3.90. The second-order valence-electron chi connectivity index (χ2n) is 3.63. The Morgan fingerprint density at radius 3 is 2.29 bits per heavy atom. The average Bonchev–Trinajstić information content (AvgIpc) is 2.37. The van der Waals surface area contributed by atoms with E-state index >= 15 is 0 Å². The zero-order valence-corrected chi connectivity index (χ0v) is 11.2. The summed E-state index contributed by atoms with van der Waals surface area (Å²) in [5.74, 6) is 0. The summed E-state index contributed by atoms with van der Waals surface area (Å²) in [5.41, 5.74) is 3.35. The van der Waals surface area contributed by atoms with Crippen molar-refractivity contribution in [3.8, 4) is 0 Å². The number of hydrogen-bond donors (Lipinski definition) is 0. The molecule has 0 aromatic heterocycles. The molecule has 1 aromatic rings. The fraction of sp³-hybridized carbons (Fsp3) is 0.312. The Labute approximate surface area is 106 Å². The molecule has 0 bridgehead atoms. The first-order valence-electron chi connectivity index (χ1n) is 6.09. The minimum atomic E-state index is 0.917. The molecule has 0 saturated carbocycles. The number of rotatable bonds is 5. The number of hydrogen-bond acceptors (Lipinski definition) is 1. The highest BCUT2D eigenvalue weighted by Gasteiger charge is 1.96. The van der Waals surface area contributed by atoms with E-state index in [1.165, 1.54) is 5.56 Å². The van der Waals surface area contributed by atoms with Gasteiger partial charge in [-0.1, -0.05) is 56.3 Å². The Kier molecular flexibility index (Phi) is 8.67. The fourth-order valence-corrected chi connectivity index (χ4v) is 1.40. The van der Waals surface area contributed by atoms with Crippen molar-refractivity contribution < 1.29 is 0 Å². The van der Waals surface area contributed by atoms with E-state index in [1.54, 1.807) is 0 Å². The molecule has 0 amide bonds. The van der Waals surface area contributed by atoms with Gasteiger partial charge in [0.2, 0.25) is 0 Å². The third kappa shape index (κ3) is 7.29. The fourth-order valence-electron chi connectivity index (χ4n) is 1.40. The van der Waals surface area contributed by atoms with Gasteiger partial charge in [-0.2, -0.15) is 0 Å². The Morgan fingerprint density at radius 2 is 1.82 bits per heavy atom. The lowest BCUT2D eigenvalue weighted by Gasteiger charge is -2.02. The summed E-state index contributed by atoms with van der Waals surface area (Å²) in [5, 5.41) is 0. The minimum Gasteiger partial charge on any atom is -0.269 e. The Hall–Kier alpha value is -1.63. The SMILES string of the molecule is C=N/C(=C\C(=C)C)CCc1ccccc1.CC. The maximum absolute atomic E-state index is 3.99. The van der Waals surface area contributed by atoms with Gasteiger partial charge in [-0.15, -0.1) is 0 Å². The first-order chi connectivity index (χ1) is 8.22. The number of allylic oxidation sites excluding steroid dienone is 3. The van der Waals surface area contributed by atoms with Gasteiger partial charge >= 0.3 is 0 Å². The molecule has 0 unspecified atom stereocenters. The number of aliphatic imine (C=N–C) groups is 1. The lowest BCUT2D eigenvalue weighted by Crippen LogP contribution is -1.87. The quantitative estimate of drug-likeness (QED) is 0.507. The van der Waals surface area contributed by atoms with Gasteiger partial charge in [0.15, 0.2) is 0 Å². The van der Waals surface area contributed by atoms with Crippen LogP contribution >= 0.6 is 0 Å². The van der Waals surface area contributed by atoms with Crippen LogP contribution in [-0.4, -0.2) is 6.72 Å². The van der Waals surface area contributed by atoms with Gasteiger partial charge < -0.3 is 0 Å². The van der Waals surface area contributed by atoms with Crippen molar-refractivity contribution in [3.05, 3.63) is 59.8 Å². The molecule has 1 heteroatoms. The van der Waals surface area contributed by atoms with E-state index in [-0.39, 0.29) is 0 Å². The third-order valence-corrected chi connectivity index (χ3v) is 2.13. The lowest BCUT2D eigenvalue weighted by atomic mass is 10.1. The number of nitrogens with zero attached hydrogens (tertiary/aromatic N) is 1. The molecule has 0 saturated heterocycles. The third-order valence-electron chi connectivity index (χ3n) is 2.13. The Balaban J connectivity index is 0.00000121. The first-order valence-corrected chi connectivity index (χ1v) is 6.09. The molecule has 0 radical (unpaired) electrons. The van der Waals surface area contributed by atoms with Crippen molar-refractivity contribution in [2.75, 3.05) is 0 Å². The molecule has 0 atom stereocenters. The van der Waals surface area contributed by atoms with Crippen LogP contribution in [-0.2, 0) is 6.42 Å². The first kappa shape index (κ1) is 15.4. The Morgan fingerprint density at radius 1 is 1.24 bits per heavy atom. The summed E-state index contributed by atoms with van der Waals surface area (Å²) in [4.78, 5) is 3.99. The van der Waals surface area contributed by atoms with Gasteiger partial charge in [0.05, 0.1) is 0 Å². The molecule has 0 aliphatic rings. The highest BCUT2D eigenvalue weighted by molar-refractivity contribution is 5.32. The van der Waals surface area contributed by atoms with Crippen molar-refractivity contribution >= 4 is 6.72 Å². The molecule has 0 N–H and O–H groups in total. The van der Waals surface area contributed by atoms with Crippen LogP contribution < -0.4 is 0 Å². The predicted molar refractivity (Wildman–Crippen MR) is 78.6 cm³/mol. The topological polar surface area (TPSA) is 12.4 Å². The van der Waals surface area contributed by atoms with E-state index in [0.717, 1.165) is 24.1 Å². The van der Waals surface area contributed by atoms with Crippen molar-refractivity contribution in [3.63, 3.8) is 0 Å². The molecular formula is C16H23N. The molecule has 0 aliphatic heterocycles. The van der Waals surface area contributed by atoms with Crippen LogP contribution in [0.15, 0.2) is 59.2 Å². The monoisotopic (exact) mass is 229 g/mol. The van der Waals surface area contributed by atoms with Crippen molar-refractivity contribution in [1.82, 2.24) is 0 Å². The summed E-state index contributed by atoms with van der Waals surface area (Å²) in [7, 11) is 0. The standard InChI is InChI=1S/C14H17N.C2H6/c1-12(2)11-14(15-3)10-9-13-7-5-4-6-8-13;1-2/h4-8,11H,1,3,9-10H2,2H3;1-2H3/b14-11-;. The molecule has 92 valence electrons. The molecule has 0 fully saturated rings. The van der Waals surface area contributed by atoms with E-state index in [0.29, 0.717) is 0 Å². The van der Waals surface area contributed by atoms with Gasteiger partial charge in [-0.3, -0.25) is 4.99 Å². The molecule has 17 heavy (non-hydrogen) atoms. The van der Waals surface area contributed by atoms with Crippen LogP contribution in [0.2, 0.25) is 0 Å². The zero-order valence-electron chi connectivity index (χ0n) is 11.2. The van der Waals surface area contributed by atoms with Crippen LogP contribution in [0.4, 0.5) is 0 Å². The van der Waals surface area contributed by atoms with Crippen LogP contribution in [0, 0.1) is 0 Å². The van der Waals surface area contributed by atoms with Crippen molar-refractivity contribution in [2.45, 2.75) is 33.6 Å². The average molecular weight is 229 g/mol. The predicted octanol–water partition coefficient (Wildman–Crippen LogP) is 4.81. The van der Waals surface area contributed by atoms with Crippen LogP contribution in [0.1, 0.15) is 32.8 Å². The maximum atomic E-state index is 3.99. The van der Waals surface area contributed by atoms with Gasteiger partial charge in [0.25, 0.3) is 0 Å². The molecule has 1 aromatic carbocycles. The lowest BCUT2D eigenvalue weighted by molar-refractivity contribution is 0.927. The van der Waals surface area contributed by atoms with Gasteiger partial charge in [-0.05, 0) is 38.1 Å². The van der Waals surface area contributed by atoms with Gasteiger partial charge in [0.1, 0.15) is 0 Å². The molecule has 1 rings (SSSR count). The molecule has 0 aliphatic carbocycles. The zero-order chi connectivity index (χ0) is 13.1. The van der Waals surface area contributed by atoms with Crippen molar-refractivity contribution in [1.29, 1.82) is 0 Å². The number of benzene rings is 1. The van der Waals surface area contributed by atoms with Gasteiger partial charge in [0, 0.05) is 5.70 Å². The van der Waals surface area contributed by atoms with Crippen LogP contribution in [0.25, 0.3) is 0 Å². The van der Waals surface area contributed by atoms with Gasteiger partial charge in [-0.25, -0.2) is 0 Å². The highest BCUT2D eigenvalue weighted by atomic mass is 14.7. The van der Waals surface area contributed by atoms with E-state index in [1.807, 2.05) is 32.9 Å². The number of aryl methyl sites for hydroxylation is 1. The van der Waals surface area contributed by atoms with E-state index < -0.39 is 0 Å².